The summed E-state index contributed by atoms with van der Waals surface area (Å²) in [5, 5.41) is 4.87. The molecule has 1 aliphatic carbocycles. The van der Waals surface area contributed by atoms with Crippen LogP contribution in [0.1, 0.15) is 41.7 Å². The number of nitrogens with one attached hydrogen (secondary N) is 1. The SMILES string of the molecule is O=C(CN(C(=O)c1ccc(F)cc1)C1CC1)Nc1nc(CC(=O)N2CCC3(CC2)OCCO3)cs1. The number of rotatable bonds is 7. The van der Waals surface area contributed by atoms with E-state index in [1.807, 2.05) is 0 Å². The average Bonchev–Trinajstić information content (AvgIpc) is 3.45. The van der Waals surface area contributed by atoms with E-state index in [2.05, 4.69) is 10.3 Å². The largest absolute Gasteiger partial charge is 0.347 e. The first-order valence-electron chi connectivity index (χ1n) is 11.8. The molecule has 2 aliphatic heterocycles. The van der Waals surface area contributed by atoms with Crippen molar-refractivity contribution in [3.05, 3.63) is 46.7 Å². The van der Waals surface area contributed by atoms with Crippen molar-refractivity contribution in [1.29, 1.82) is 0 Å². The van der Waals surface area contributed by atoms with Crippen molar-refractivity contribution < 1.29 is 28.2 Å². The van der Waals surface area contributed by atoms with Crippen molar-refractivity contribution in [3.8, 4) is 0 Å². The Morgan fingerprint density at radius 1 is 1.14 bits per heavy atom. The first-order valence-corrected chi connectivity index (χ1v) is 12.7. The van der Waals surface area contributed by atoms with Crippen molar-refractivity contribution >= 4 is 34.2 Å². The smallest absolute Gasteiger partial charge is 0.254 e. The van der Waals surface area contributed by atoms with E-state index in [0.717, 1.165) is 12.8 Å². The maximum absolute atomic E-state index is 13.2. The molecule has 11 heteroatoms. The summed E-state index contributed by atoms with van der Waals surface area (Å²) in [5.41, 5.74) is 0.932. The second-order valence-electron chi connectivity index (χ2n) is 9.03. The molecule has 2 aromatic rings. The summed E-state index contributed by atoms with van der Waals surface area (Å²) >= 11 is 1.24. The standard InChI is InChI=1S/C24H27FN4O5S/c25-17-3-1-16(2-4-17)22(32)29(19-5-6-19)14-20(30)27-23-26-18(15-35-23)13-21(31)28-9-7-24(8-10-28)33-11-12-34-24/h1-4,15,19H,5-14H2,(H,26,27,30). The highest BCUT2D eigenvalue weighted by Gasteiger charge is 2.40. The van der Waals surface area contributed by atoms with Crippen LogP contribution < -0.4 is 5.32 Å². The first-order chi connectivity index (χ1) is 16.9. The van der Waals surface area contributed by atoms with Gasteiger partial charge in [0, 0.05) is 42.9 Å². The molecule has 1 aromatic carbocycles. The summed E-state index contributed by atoms with van der Waals surface area (Å²) in [5.74, 6) is -1.63. The summed E-state index contributed by atoms with van der Waals surface area (Å²) in [4.78, 5) is 45.9. The van der Waals surface area contributed by atoms with Crippen LogP contribution in [0.15, 0.2) is 29.6 Å². The van der Waals surface area contributed by atoms with E-state index in [1.54, 1.807) is 10.3 Å². The minimum absolute atomic E-state index is 0.00601. The fraction of sp³-hybridized carbons (Fsp3) is 0.500. The zero-order valence-corrected chi connectivity index (χ0v) is 20.0. The van der Waals surface area contributed by atoms with Gasteiger partial charge < -0.3 is 24.6 Å². The number of piperidine rings is 1. The number of likely N-dealkylation sites (tertiary alicyclic amines) is 1. The number of aromatic nitrogens is 1. The van der Waals surface area contributed by atoms with Crippen LogP contribution in [-0.2, 0) is 25.5 Å². The third-order valence-corrected chi connectivity index (χ3v) is 7.28. The van der Waals surface area contributed by atoms with Crippen LogP contribution in [0.25, 0.3) is 0 Å². The van der Waals surface area contributed by atoms with Crippen LogP contribution in [0.5, 0.6) is 0 Å². The Labute approximate surface area is 206 Å². The quantitative estimate of drug-likeness (QED) is 0.624. The summed E-state index contributed by atoms with van der Waals surface area (Å²) in [6.07, 6.45) is 3.13. The number of nitrogens with zero attached hydrogens (tertiary/aromatic N) is 3. The van der Waals surface area contributed by atoms with E-state index in [9.17, 15) is 18.8 Å². The number of carbonyl (C=O) groups excluding carboxylic acids is 3. The third-order valence-electron chi connectivity index (χ3n) is 6.48. The van der Waals surface area contributed by atoms with Gasteiger partial charge in [0.1, 0.15) is 12.4 Å². The monoisotopic (exact) mass is 502 g/mol. The Morgan fingerprint density at radius 3 is 2.49 bits per heavy atom. The van der Waals surface area contributed by atoms with Gasteiger partial charge in [-0.25, -0.2) is 9.37 Å². The van der Waals surface area contributed by atoms with Crippen molar-refractivity contribution in [2.24, 2.45) is 0 Å². The lowest BCUT2D eigenvalue weighted by Gasteiger charge is -2.37. The lowest BCUT2D eigenvalue weighted by atomic mass is 10.0. The molecule has 1 N–H and O–H groups in total. The molecule has 35 heavy (non-hydrogen) atoms. The molecule has 3 amide bonds. The minimum atomic E-state index is -0.526. The molecule has 9 nitrogen and oxygen atoms in total. The maximum Gasteiger partial charge on any atom is 0.254 e. The third kappa shape index (κ3) is 5.68. The second kappa shape index (κ2) is 10.00. The fourth-order valence-electron chi connectivity index (χ4n) is 4.42. The molecule has 1 spiro atoms. The van der Waals surface area contributed by atoms with Crippen LogP contribution in [0.3, 0.4) is 0 Å². The van der Waals surface area contributed by atoms with Gasteiger partial charge in [0.05, 0.1) is 25.3 Å². The Hall–Kier alpha value is -2.89. The van der Waals surface area contributed by atoms with E-state index >= 15 is 0 Å². The predicted octanol–water partition coefficient (Wildman–Crippen LogP) is 2.43. The molecule has 0 bridgehead atoms. The van der Waals surface area contributed by atoms with Gasteiger partial charge in [-0.2, -0.15) is 0 Å². The summed E-state index contributed by atoms with van der Waals surface area (Å²) in [6.45, 7) is 2.23. The number of halogens is 1. The van der Waals surface area contributed by atoms with Gasteiger partial charge in [0.25, 0.3) is 5.91 Å². The van der Waals surface area contributed by atoms with Gasteiger partial charge in [-0.3, -0.25) is 14.4 Å². The highest BCUT2D eigenvalue weighted by Crippen LogP contribution is 2.32. The number of anilines is 1. The topological polar surface area (TPSA) is 101 Å². The molecule has 0 unspecified atom stereocenters. The van der Waals surface area contributed by atoms with Crippen molar-refractivity contribution in [3.63, 3.8) is 0 Å². The van der Waals surface area contributed by atoms with Crippen molar-refractivity contribution in [2.75, 3.05) is 38.2 Å². The van der Waals surface area contributed by atoms with Crippen LogP contribution in [0.2, 0.25) is 0 Å². The Balaban J connectivity index is 1.13. The van der Waals surface area contributed by atoms with Crippen LogP contribution >= 0.6 is 11.3 Å². The minimum Gasteiger partial charge on any atom is -0.347 e. The zero-order valence-electron chi connectivity index (χ0n) is 19.2. The molecule has 1 saturated carbocycles. The highest BCUT2D eigenvalue weighted by molar-refractivity contribution is 7.13. The number of hydrogen-bond donors (Lipinski definition) is 1. The van der Waals surface area contributed by atoms with E-state index in [4.69, 9.17) is 9.47 Å². The van der Waals surface area contributed by atoms with Crippen molar-refractivity contribution in [2.45, 2.75) is 43.9 Å². The van der Waals surface area contributed by atoms with Crippen LogP contribution in [-0.4, -0.2) is 77.2 Å². The lowest BCUT2D eigenvalue weighted by molar-refractivity contribution is -0.187. The average molecular weight is 503 g/mol. The lowest BCUT2D eigenvalue weighted by Crippen LogP contribution is -2.47. The number of carbonyl (C=O) groups is 3. The van der Waals surface area contributed by atoms with E-state index in [-0.39, 0.29) is 36.7 Å². The number of ether oxygens (including phenoxy) is 2. The van der Waals surface area contributed by atoms with Gasteiger partial charge in [0.2, 0.25) is 11.8 Å². The van der Waals surface area contributed by atoms with Gasteiger partial charge in [-0.15, -0.1) is 11.3 Å². The summed E-state index contributed by atoms with van der Waals surface area (Å²) in [6, 6.07) is 5.31. The number of benzene rings is 1. The molecule has 1 aromatic heterocycles. The Morgan fingerprint density at radius 2 is 1.83 bits per heavy atom. The number of thiazole rings is 1. The van der Waals surface area contributed by atoms with E-state index in [0.29, 0.717) is 55.5 Å². The van der Waals surface area contributed by atoms with Gasteiger partial charge >= 0.3 is 0 Å². The molecule has 3 heterocycles. The summed E-state index contributed by atoms with van der Waals surface area (Å²) < 4.78 is 24.6. The van der Waals surface area contributed by atoms with Gasteiger partial charge in [-0.1, -0.05) is 0 Å². The normalized spacial score (nSPS) is 19.1. The molecule has 0 radical (unpaired) electrons. The molecule has 0 atom stereocenters. The molecule has 5 rings (SSSR count). The van der Waals surface area contributed by atoms with E-state index in [1.165, 1.54) is 40.5 Å². The van der Waals surface area contributed by atoms with Gasteiger partial charge in [0.15, 0.2) is 10.9 Å². The zero-order chi connectivity index (χ0) is 24.4. The second-order valence-corrected chi connectivity index (χ2v) is 9.89. The Bertz CT molecular complexity index is 1090. The van der Waals surface area contributed by atoms with E-state index < -0.39 is 11.6 Å². The molecule has 3 aliphatic rings. The van der Waals surface area contributed by atoms with Crippen molar-refractivity contribution in [1.82, 2.24) is 14.8 Å². The number of hydrogen-bond acceptors (Lipinski definition) is 7. The molecule has 186 valence electrons. The Kier molecular flexibility index (Phi) is 6.81. The molecule has 3 fully saturated rings. The fourth-order valence-corrected chi connectivity index (χ4v) is 5.15. The predicted molar refractivity (Wildman–Crippen MR) is 125 cm³/mol. The van der Waals surface area contributed by atoms with Crippen LogP contribution in [0.4, 0.5) is 9.52 Å². The van der Waals surface area contributed by atoms with Gasteiger partial charge in [-0.05, 0) is 37.1 Å². The molecular formula is C24H27FN4O5S. The summed E-state index contributed by atoms with van der Waals surface area (Å²) in [7, 11) is 0. The van der Waals surface area contributed by atoms with Crippen LogP contribution in [0, 0.1) is 5.82 Å². The first kappa shape index (κ1) is 23.8. The maximum atomic E-state index is 13.2. The molecule has 2 saturated heterocycles. The number of amides is 3. The highest BCUT2D eigenvalue weighted by atomic mass is 32.1. The molecular weight excluding hydrogens is 475 g/mol.